The Hall–Kier alpha value is -3.39. The van der Waals surface area contributed by atoms with Crippen molar-refractivity contribution in [2.75, 3.05) is 28.1 Å². The zero-order chi connectivity index (χ0) is 20.1. The Bertz CT molecular complexity index is 1120. The van der Waals surface area contributed by atoms with E-state index >= 15 is 0 Å². The fraction of sp³-hybridized carbons (Fsp3) is 0.286. The lowest BCUT2D eigenvalue weighted by Crippen LogP contribution is -2.38. The minimum atomic E-state index is -0.883. The highest BCUT2D eigenvalue weighted by Crippen LogP contribution is 2.51. The van der Waals surface area contributed by atoms with Crippen molar-refractivity contribution in [1.82, 2.24) is 0 Å². The highest BCUT2D eigenvalue weighted by atomic mass is 16.7. The van der Waals surface area contributed by atoms with Crippen molar-refractivity contribution in [3.63, 3.8) is 0 Å². The van der Waals surface area contributed by atoms with Gasteiger partial charge in [-0.05, 0) is 23.8 Å². The number of methoxy groups -OCH3 is 3. The van der Waals surface area contributed by atoms with Crippen LogP contribution in [-0.4, -0.2) is 40.0 Å². The van der Waals surface area contributed by atoms with Crippen LogP contribution in [0, 0.1) is 0 Å². The Kier molecular flexibility index (Phi) is 4.02. The van der Waals surface area contributed by atoms with E-state index in [2.05, 4.69) is 0 Å². The van der Waals surface area contributed by atoms with E-state index in [1.807, 2.05) is 6.07 Å². The first-order chi connectivity index (χ1) is 14.2. The summed E-state index contributed by atoms with van der Waals surface area (Å²) >= 11 is 0. The normalized spacial score (nSPS) is 19.8. The van der Waals surface area contributed by atoms with Gasteiger partial charge in [-0.2, -0.15) is 0 Å². The first kappa shape index (κ1) is 17.7. The Morgan fingerprint density at radius 1 is 1.00 bits per heavy atom. The number of ether oxygens (including phenoxy) is 6. The van der Waals surface area contributed by atoms with E-state index in [9.17, 15) is 4.79 Å². The number of hydrogen-bond acceptors (Lipinski definition) is 8. The van der Waals surface area contributed by atoms with Gasteiger partial charge in [0.2, 0.25) is 18.3 Å². The largest absolute Gasteiger partial charge is 0.492 e. The van der Waals surface area contributed by atoms with E-state index in [-0.39, 0.29) is 23.9 Å². The van der Waals surface area contributed by atoms with E-state index in [0.29, 0.717) is 34.0 Å². The number of benzene rings is 2. The molecule has 2 atom stereocenters. The van der Waals surface area contributed by atoms with Crippen LogP contribution in [0.15, 0.2) is 34.9 Å². The standard InChI is InChI=1S/C21H18O8/c1-23-19-14-15(22)20(24-2)16(10-4-5-12-13(8-10)28-9-27-12)29-17(14)11-6-7-26-18(11)21(19)25-3/h4-8,16,20H,9H2,1-3H3. The summed E-state index contributed by atoms with van der Waals surface area (Å²) in [6.45, 7) is 0.159. The van der Waals surface area contributed by atoms with Gasteiger partial charge in [0, 0.05) is 7.11 Å². The molecule has 0 spiro atoms. The Labute approximate surface area is 165 Å². The minimum absolute atomic E-state index is 0.159. The molecule has 0 radical (unpaired) electrons. The predicted octanol–water partition coefficient (Wildman–Crippen LogP) is 3.51. The van der Waals surface area contributed by atoms with Crippen LogP contribution in [0.3, 0.4) is 0 Å². The van der Waals surface area contributed by atoms with Crippen molar-refractivity contribution in [3.05, 3.63) is 41.7 Å². The SMILES string of the molecule is COc1c2c(c3ccoc3c1OC)OC(c1ccc3c(c1)OCO3)C(OC)C2=O. The average molecular weight is 398 g/mol. The molecule has 0 aliphatic carbocycles. The van der Waals surface area contributed by atoms with Crippen LogP contribution in [0.1, 0.15) is 22.0 Å². The van der Waals surface area contributed by atoms with Crippen LogP contribution >= 0.6 is 0 Å². The van der Waals surface area contributed by atoms with Crippen LogP contribution in [0.25, 0.3) is 11.0 Å². The Balaban J connectivity index is 1.71. The zero-order valence-electron chi connectivity index (χ0n) is 16.0. The minimum Gasteiger partial charge on any atom is -0.492 e. The molecule has 0 fully saturated rings. The van der Waals surface area contributed by atoms with E-state index in [1.54, 1.807) is 18.2 Å². The molecule has 0 saturated carbocycles. The summed E-state index contributed by atoms with van der Waals surface area (Å²) in [7, 11) is 4.42. The van der Waals surface area contributed by atoms with Crippen LogP contribution in [0.5, 0.6) is 28.7 Å². The van der Waals surface area contributed by atoms with E-state index in [1.165, 1.54) is 27.6 Å². The summed E-state index contributed by atoms with van der Waals surface area (Å²) in [5, 5.41) is 0.617. The summed E-state index contributed by atoms with van der Waals surface area (Å²) < 4.78 is 39.2. The van der Waals surface area contributed by atoms with Gasteiger partial charge in [0.15, 0.2) is 35.0 Å². The van der Waals surface area contributed by atoms with Crippen LogP contribution in [0.2, 0.25) is 0 Å². The Morgan fingerprint density at radius 3 is 2.55 bits per heavy atom. The second-order valence-corrected chi connectivity index (χ2v) is 6.61. The number of Topliss-reactive ketones (excluding diaryl/α,β-unsaturated/α-hetero) is 1. The molecular weight excluding hydrogens is 380 g/mol. The lowest BCUT2D eigenvalue weighted by atomic mass is 9.91. The molecule has 29 heavy (non-hydrogen) atoms. The third-order valence-corrected chi connectivity index (χ3v) is 5.19. The topological polar surface area (TPSA) is 85.6 Å². The highest BCUT2D eigenvalue weighted by Gasteiger charge is 2.43. The molecule has 2 aliphatic heterocycles. The third kappa shape index (κ3) is 2.45. The fourth-order valence-corrected chi connectivity index (χ4v) is 3.88. The molecule has 3 heterocycles. The van der Waals surface area contributed by atoms with Crippen molar-refractivity contribution in [2.45, 2.75) is 12.2 Å². The molecule has 2 unspecified atom stereocenters. The first-order valence-electron chi connectivity index (χ1n) is 8.96. The molecule has 5 rings (SSSR count). The van der Waals surface area contributed by atoms with Gasteiger partial charge < -0.3 is 32.8 Å². The van der Waals surface area contributed by atoms with Crippen molar-refractivity contribution in [3.8, 4) is 28.7 Å². The van der Waals surface area contributed by atoms with Gasteiger partial charge >= 0.3 is 0 Å². The predicted molar refractivity (Wildman–Crippen MR) is 100 cm³/mol. The number of furan rings is 1. The molecular formula is C21H18O8. The van der Waals surface area contributed by atoms with Gasteiger partial charge in [0.1, 0.15) is 11.3 Å². The quantitative estimate of drug-likeness (QED) is 0.660. The molecule has 1 aromatic heterocycles. The lowest BCUT2D eigenvalue weighted by Gasteiger charge is -2.33. The molecule has 0 N–H and O–H groups in total. The molecule has 0 amide bonds. The van der Waals surface area contributed by atoms with Gasteiger partial charge in [0.25, 0.3) is 0 Å². The molecule has 8 heteroatoms. The molecule has 0 bridgehead atoms. The molecule has 2 aromatic carbocycles. The summed E-state index contributed by atoms with van der Waals surface area (Å²) in [4.78, 5) is 13.5. The number of hydrogen-bond donors (Lipinski definition) is 0. The van der Waals surface area contributed by atoms with Gasteiger partial charge in [-0.1, -0.05) is 6.07 Å². The van der Waals surface area contributed by atoms with Gasteiger partial charge in [-0.3, -0.25) is 4.79 Å². The monoisotopic (exact) mass is 398 g/mol. The maximum atomic E-state index is 13.5. The summed E-state index contributed by atoms with van der Waals surface area (Å²) in [5.74, 6) is 1.93. The fourth-order valence-electron chi connectivity index (χ4n) is 3.88. The van der Waals surface area contributed by atoms with Crippen molar-refractivity contribution in [2.24, 2.45) is 0 Å². The number of fused-ring (bicyclic) bond motifs is 4. The maximum Gasteiger partial charge on any atom is 0.231 e. The maximum absolute atomic E-state index is 13.5. The summed E-state index contributed by atoms with van der Waals surface area (Å²) in [6, 6.07) is 7.14. The number of rotatable bonds is 4. The van der Waals surface area contributed by atoms with E-state index < -0.39 is 12.2 Å². The number of carbonyl (C=O) groups is 1. The van der Waals surface area contributed by atoms with E-state index in [0.717, 1.165) is 5.56 Å². The lowest BCUT2D eigenvalue weighted by molar-refractivity contribution is -0.000458. The van der Waals surface area contributed by atoms with Crippen molar-refractivity contribution < 1.29 is 37.6 Å². The highest BCUT2D eigenvalue weighted by molar-refractivity contribution is 6.12. The van der Waals surface area contributed by atoms with Crippen LogP contribution < -0.4 is 23.7 Å². The third-order valence-electron chi connectivity index (χ3n) is 5.19. The molecule has 2 aliphatic rings. The van der Waals surface area contributed by atoms with Crippen LogP contribution in [0.4, 0.5) is 0 Å². The van der Waals surface area contributed by atoms with Gasteiger partial charge in [0.05, 0.1) is 25.9 Å². The van der Waals surface area contributed by atoms with Gasteiger partial charge in [-0.25, -0.2) is 0 Å². The van der Waals surface area contributed by atoms with Crippen LogP contribution in [-0.2, 0) is 4.74 Å². The average Bonchev–Trinajstić information content (AvgIpc) is 3.41. The summed E-state index contributed by atoms with van der Waals surface area (Å²) in [5.41, 5.74) is 1.44. The zero-order valence-corrected chi connectivity index (χ0v) is 16.0. The second kappa shape index (κ2) is 6.59. The molecule has 3 aromatic rings. The molecule has 150 valence electrons. The van der Waals surface area contributed by atoms with Crippen molar-refractivity contribution in [1.29, 1.82) is 0 Å². The first-order valence-corrected chi connectivity index (χ1v) is 8.96. The van der Waals surface area contributed by atoms with Crippen molar-refractivity contribution >= 4 is 16.8 Å². The second-order valence-electron chi connectivity index (χ2n) is 6.61. The molecule has 0 saturated heterocycles. The molecule has 8 nitrogen and oxygen atoms in total. The van der Waals surface area contributed by atoms with Gasteiger partial charge in [-0.15, -0.1) is 0 Å². The summed E-state index contributed by atoms with van der Waals surface area (Å²) in [6.07, 6.45) is -0.0600. The Morgan fingerprint density at radius 2 is 1.79 bits per heavy atom. The number of carbonyl (C=O) groups excluding carboxylic acids is 1. The van der Waals surface area contributed by atoms with E-state index in [4.69, 9.17) is 32.8 Å². The smallest absolute Gasteiger partial charge is 0.231 e. The number of ketones is 1.